The number of aromatic nitrogens is 1. The van der Waals surface area contributed by atoms with Gasteiger partial charge >= 0.3 is 12.2 Å². The highest BCUT2D eigenvalue weighted by Crippen LogP contribution is 2.33. The number of hydrogen-bond donors (Lipinski definition) is 1. The first kappa shape index (κ1) is 20.6. The van der Waals surface area contributed by atoms with E-state index in [-0.39, 0.29) is 22.8 Å². The van der Waals surface area contributed by atoms with Gasteiger partial charge in [-0.25, -0.2) is 9.78 Å². The van der Waals surface area contributed by atoms with Crippen LogP contribution in [0.3, 0.4) is 0 Å². The Labute approximate surface area is 159 Å². The third kappa shape index (κ3) is 6.18. The minimum absolute atomic E-state index is 0.246. The first-order chi connectivity index (χ1) is 12.7. The number of hydrogen-bond acceptors (Lipinski definition) is 3. The standard InChI is InChI=1S/C18H17ClF3N3O2/c1-3-4-9-25(2)17(26)23-13-5-7-14(8-6-13)27-16-11-12(18(20,21)22)10-15(19)24-16/h3,5-8,10-11H,1,4,9H2,2H3,(H,23,26). The molecule has 0 aliphatic rings. The fraction of sp³-hybridized carbons (Fsp3) is 0.222. The highest BCUT2D eigenvalue weighted by molar-refractivity contribution is 6.29. The number of pyridine rings is 1. The van der Waals surface area contributed by atoms with Gasteiger partial charge < -0.3 is 15.0 Å². The average Bonchev–Trinajstić information content (AvgIpc) is 2.60. The first-order valence-electron chi connectivity index (χ1n) is 7.85. The molecule has 0 saturated carbocycles. The zero-order chi connectivity index (χ0) is 20.0. The van der Waals surface area contributed by atoms with Crippen molar-refractivity contribution in [3.63, 3.8) is 0 Å². The molecular formula is C18H17ClF3N3O2. The molecule has 27 heavy (non-hydrogen) atoms. The van der Waals surface area contributed by atoms with Crippen LogP contribution in [0, 0.1) is 0 Å². The second-order valence-corrected chi connectivity index (χ2v) is 5.96. The number of anilines is 1. The van der Waals surface area contributed by atoms with E-state index < -0.39 is 11.7 Å². The van der Waals surface area contributed by atoms with Crippen LogP contribution < -0.4 is 10.1 Å². The van der Waals surface area contributed by atoms with E-state index in [4.69, 9.17) is 16.3 Å². The Bertz CT molecular complexity index is 810. The van der Waals surface area contributed by atoms with Gasteiger partial charge in [0.25, 0.3) is 0 Å². The fourth-order valence-electron chi connectivity index (χ4n) is 2.02. The number of rotatable bonds is 6. The van der Waals surface area contributed by atoms with Gasteiger partial charge in [0.05, 0.1) is 5.56 Å². The summed E-state index contributed by atoms with van der Waals surface area (Å²) in [6.07, 6.45) is -2.18. The van der Waals surface area contributed by atoms with Crippen LogP contribution in [0.4, 0.5) is 23.7 Å². The number of urea groups is 1. The SMILES string of the molecule is C=CCCN(C)C(=O)Nc1ccc(Oc2cc(C(F)(F)F)cc(Cl)n2)cc1. The average molecular weight is 400 g/mol. The monoisotopic (exact) mass is 399 g/mol. The van der Waals surface area contributed by atoms with Crippen LogP contribution >= 0.6 is 11.6 Å². The van der Waals surface area contributed by atoms with Gasteiger partial charge in [0.2, 0.25) is 5.88 Å². The van der Waals surface area contributed by atoms with Crippen molar-refractivity contribution in [2.24, 2.45) is 0 Å². The third-order valence-electron chi connectivity index (χ3n) is 3.44. The van der Waals surface area contributed by atoms with Crippen molar-refractivity contribution in [1.29, 1.82) is 0 Å². The Balaban J connectivity index is 2.05. The molecule has 2 rings (SSSR count). The summed E-state index contributed by atoms with van der Waals surface area (Å²) < 4.78 is 43.8. The van der Waals surface area contributed by atoms with Crippen molar-refractivity contribution in [3.8, 4) is 11.6 Å². The number of carbonyl (C=O) groups is 1. The Morgan fingerprint density at radius 2 is 2.00 bits per heavy atom. The van der Waals surface area contributed by atoms with Crippen LogP contribution in [0.15, 0.2) is 49.1 Å². The third-order valence-corrected chi connectivity index (χ3v) is 3.63. The van der Waals surface area contributed by atoms with Crippen molar-refractivity contribution < 1.29 is 22.7 Å². The summed E-state index contributed by atoms with van der Waals surface area (Å²) in [5, 5.41) is 2.36. The molecule has 0 atom stereocenters. The van der Waals surface area contributed by atoms with E-state index in [1.165, 1.54) is 17.0 Å². The number of nitrogens with one attached hydrogen (secondary N) is 1. The number of nitrogens with zero attached hydrogens (tertiary/aromatic N) is 2. The van der Waals surface area contributed by atoms with Gasteiger partial charge in [0.15, 0.2) is 0 Å². The zero-order valence-electron chi connectivity index (χ0n) is 14.4. The van der Waals surface area contributed by atoms with Crippen LogP contribution in [-0.2, 0) is 6.18 Å². The van der Waals surface area contributed by atoms with Gasteiger partial charge in [0.1, 0.15) is 10.9 Å². The Morgan fingerprint density at radius 1 is 1.33 bits per heavy atom. The maximum Gasteiger partial charge on any atom is 0.416 e. The maximum atomic E-state index is 12.8. The predicted octanol–water partition coefficient (Wildman–Crippen LogP) is 5.59. The maximum absolute atomic E-state index is 12.8. The smallest absolute Gasteiger partial charge is 0.416 e. The van der Waals surface area contributed by atoms with Crippen molar-refractivity contribution in [2.75, 3.05) is 18.9 Å². The summed E-state index contributed by atoms with van der Waals surface area (Å²) >= 11 is 5.62. The fourth-order valence-corrected chi connectivity index (χ4v) is 2.22. The normalized spacial score (nSPS) is 11.0. The molecular weight excluding hydrogens is 383 g/mol. The van der Waals surface area contributed by atoms with Gasteiger partial charge in [-0.05, 0) is 36.8 Å². The molecule has 1 heterocycles. The molecule has 0 saturated heterocycles. The van der Waals surface area contributed by atoms with E-state index in [1.807, 2.05) is 0 Å². The van der Waals surface area contributed by atoms with Crippen molar-refractivity contribution in [1.82, 2.24) is 9.88 Å². The predicted molar refractivity (Wildman–Crippen MR) is 97.2 cm³/mol. The lowest BCUT2D eigenvalue weighted by atomic mass is 10.2. The van der Waals surface area contributed by atoms with E-state index in [2.05, 4.69) is 16.9 Å². The molecule has 2 amide bonds. The van der Waals surface area contributed by atoms with Crippen LogP contribution in [0.25, 0.3) is 0 Å². The summed E-state index contributed by atoms with van der Waals surface area (Å²) in [7, 11) is 1.65. The minimum Gasteiger partial charge on any atom is -0.439 e. The van der Waals surface area contributed by atoms with Gasteiger partial charge in [-0.15, -0.1) is 6.58 Å². The summed E-state index contributed by atoms with van der Waals surface area (Å²) in [5.74, 6) is -0.0355. The number of halogens is 4. The molecule has 144 valence electrons. The lowest BCUT2D eigenvalue weighted by molar-refractivity contribution is -0.137. The molecule has 0 unspecified atom stereocenters. The molecule has 1 N–H and O–H groups in total. The number of alkyl halides is 3. The zero-order valence-corrected chi connectivity index (χ0v) is 15.1. The Morgan fingerprint density at radius 3 is 2.59 bits per heavy atom. The lowest BCUT2D eigenvalue weighted by Gasteiger charge is -2.17. The highest BCUT2D eigenvalue weighted by atomic mass is 35.5. The summed E-state index contributed by atoms with van der Waals surface area (Å²) in [6, 6.07) is 7.29. The van der Waals surface area contributed by atoms with E-state index in [1.54, 1.807) is 25.3 Å². The molecule has 2 aromatic rings. The van der Waals surface area contributed by atoms with Crippen molar-refractivity contribution in [2.45, 2.75) is 12.6 Å². The molecule has 0 fully saturated rings. The number of carbonyl (C=O) groups excluding carboxylic acids is 1. The van der Waals surface area contributed by atoms with Crippen LogP contribution in [0.1, 0.15) is 12.0 Å². The van der Waals surface area contributed by atoms with E-state index in [0.29, 0.717) is 18.7 Å². The summed E-state index contributed by atoms with van der Waals surface area (Å²) in [4.78, 5) is 17.2. The van der Waals surface area contributed by atoms with Gasteiger partial charge in [-0.1, -0.05) is 17.7 Å². The largest absolute Gasteiger partial charge is 0.439 e. The summed E-state index contributed by atoms with van der Waals surface area (Å²) in [5.41, 5.74) is -0.447. The molecule has 0 radical (unpaired) electrons. The van der Waals surface area contributed by atoms with Crippen LogP contribution in [0.5, 0.6) is 11.6 Å². The molecule has 1 aromatic heterocycles. The van der Waals surface area contributed by atoms with Crippen molar-refractivity contribution >= 4 is 23.3 Å². The van der Waals surface area contributed by atoms with Gasteiger partial charge in [0, 0.05) is 25.3 Å². The quantitative estimate of drug-likeness (QED) is 0.509. The van der Waals surface area contributed by atoms with Gasteiger partial charge in [-0.2, -0.15) is 13.2 Å². The molecule has 1 aromatic carbocycles. The Hall–Kier alpha value is -2.74. The second kappa shape index (κ2) is 8.77. The number of benzene rings is 1. The Kier molecular flexibility index (Phi) is 6.68. The number of ether oxygens (including phenoxy) is 1. The number of amides is 2. The lowest BCUT2D eigenvalue weighted by Crippen LogP contribution is -2.31. The van der Waals surface area contributed by atoms with E-state index >= 15 is 0 Å². The van der Waals surface area contributed by atoms with E-state index in [9.17, 15) is 18.0 Å². The molecule has 0 aliphatic carbocycles. The molecule has 0 bridgehead atoms. The van der Waals surface area contributed by atoms with E-state index in [0.717, 1.165) is 12.1 Å². The highest BCUT2D eigenvalue weighted by Gasteiger charge is 2.31. The van der Waals surface area contributed by atoms with Crippen LogP contribution in [0.2, 0.25) is 5.15 Å². The second-order valence-electron chi connectivity index (χ2n) is 5.57. The minimum atomic E-state index is -4.56. The molecule has 5 nitrogen and oxygen atoms in total. The molecule has 9 heteroatoms. The van der Waals surface area contributed by atoms with Crippen LogP contribution in [-0.4, -0.2) is 29.5 Å². The van der Waals surface area contributed by atoms with Crippen molar-refractivity contribution in [3.05, 3.63) is 59.8 Å². The summed E-state index contributed by atoms with van der Waals surface area (Å²) in [6.45, 7) is 4.12. The first-order valence-corrected chi connectivity index (χ1v) is 8.22. The molecule has 0 aliphatic heterocycles. The topological polar surface area (TPSA) is 54.5 Å². The molecule has 0 spiro atoms. The van der Waals surface area contributed by atoms with Gasteiger partial charge in [-0.3, -0.25) is 0 Å².